The van der Waals surface area contributed by atoms with Crippen molar-refractivity contribution >= 4 is 22.8 Å². The molecule has 0 spiro atoms. The molecule has 0 aliphatic heterocycles. The zero-order chi connectivity index (χ0) is 15.5. The van der Waals surface area contributed by atoms with E-state index in [0.717, 1.165) is 16.5 Å². The third-order valence-electron chi connectivity index (χ3n) is 3.28. The molecule has 0 saturated carbocycles. The van der Waals surface area contributed by atoms with Gasteiger partial charge in [0.2, 0.25) is 0 Å². The fourth-order valence-electron chi connectivity index (χ4n) is 2.09. The van der Waals surface area contributed by atoms with Gasteiger partial charge >= 0.3 is 6.03 Å². The third-order valence-corrected chi connectivity index (χ3v) is 3.28. The van der Waals surface area contributed by atoms with Gasteiger partial charge in [-0.25, -0.2) is 14.2 Å². The van der Waals surface area contributed by atoms with Crippen LogP contribution < -0.4 is 10.6 Å². The van der Waals surface area contributed by atoms with E-state index in [-0.39, 0.29) is 17.9 Å². The number of amides is 2. The highest BCUT2D eigenvalue weighted by Crippen LogP contribution is 2.15. The summed E-state index contributed by atoms with van der Waals surface area (Å²) in [7, 11) is 0. The Morgan fingerprint density at radius 1 is 1.27 bits per heavy atom. The summed E-state index contributed by atoms with van der Waals surface area (Å²) >= 11 is 0. The van der Waals surface area contributed by atoms with E-state index in [1.807, 2.05) is 6.92 Å². The van der Waals surface area contributed by atoms with Crippen LogP contribution in [-0.2, 0) is 0 Å². The summed E-state index contributed by atoms with van der Waals surface area (Å²) in [4.78, 5) is 16.1. The monoisotopic (exact) mass is 299 g/mol. The Morgan fingerprint density at radius 2 is 2.05 bits per heavy atom. The summed E-state index contributed by atoms with van der Waals surface area (Å²) in [6.45, 7) is 1.82. The fourth-order valence-corrected chi connectivity index (χ4v) is 2.09. The van der Waals surface area contributed by atoms with Crippen molar-refractivity contribution in [1.82, 2.24) is 20.5 Å². The number of nitrogens with one attached hydrogen (secondary N) is 3. The van der Waals surface area contributed by atoms with Crippen LogP contribution in [0.15, 0.2) is 42.7 Å². The standard InChI is InChI=1S/C15H14FN5O/c1-9(10-2-4-12(16)5-3-10)19-15(22)20-14-6-13-11(7-17-14)8-18-21-13/h2-9H,1H3,(H,18,21)(H2,17,19,20,22)/t9-/m1/s1. The second kappa shape index (κ2) is 5.80. The lowest BCUT2D eigenvalue weighted by molar-refractivity contribution is 0.249. The summed E-state index contributed by atoms with van der Waals surface area (Å²) in [5.74, 6) is 0.109. The number of rotatable bonds is 3. The summed E-state index contributed by atoms with van der Waals surface area (Å²) < 4.78 is 12.9. The van der Waals surface area contributed by atoms with Gasteiger partial charge in [0.1, 0.15) is 11.6 Å². The molecule has 0 radical (unpaired) electrons. The molecule has 7 heteroatoms. The van der Waals surface area contributed by atoms with Crippen molar-refractivity contribution in [3.63, 3.8) is 0 Å². The lowest BCUT2D eigenvalue weighted by Gasteiger charge is -2.14. The topological polar surface area (TPSA) is 82.7 Å². The normalized spacial score (nSPS) is 12.1. The predicted molar refractivity (Wildman–Crippen MR) is 80.9 cm³/mol. The van der Waals surface area contributed by atoms with E-state index in [0.29, 0.717) is 5.82 Å². The predicted octanol–water partition coefficient (Wildman–Crippen LogP) is 2.98. The summed E-state index contributed by atoms with van der Waals surface area (Å²) in [5.41, 5.74) is 1.60. The Labute approximate surface area is 125 Å². The molecule has 0 aliphatic rings. The first kappa shape index (κ1) is 14.0. The van der Waals surface area contributed by atoms with Crippen LogP contribution in [0, 0.1) is 5.82 Å². The van der Waals surface area contributed by atoms with Crippen molar-refractivity contribution < 1.29 is 9.18 Å². The van der Waals surface area contributed by atoms with Crippen LogP contribution in [0.25, 0.3) is 10.9 Å². The van der Waals surface area contributed by atoms with E-state index in [1.165, 1.54) is 12.1 Å². The summed E-state index contributed by atoms with van der Waals surface area (Å²) in [5, 5.41) is 13.0. The molecule has 2 amide bonds. The molecule has 0 bridgehead atoms. The molecule has 2 aromatic heterocycles. The number of hydrogen-bond donors (Lipinski definition) is 3. The minimum Gasteiger partial charge on any atom is -0.331 e. The van der Waals surface area contributed by atoms with Gasteiger partial charge in [-0.1, -0.05) is 12.1 Å². The second-order valence-corrected chi connectivity index (χ2v) is 4.90. The molecule has 2 heterocycles. The quantitative estimate of drug-likeness (QED) is 0.695. The number of anilines is 1. The van der Waals surface area contributed by atoms with Crippen molar-refractivity contribution in [2.45, 2.75) is 13.0 Å². The zero-order valence-electron chi connectivity index (χ0n) is 11.8. The fraction of sp³-hybridized carbons (Fsp3) is 0.133. The van der Waals surface area contributed by atoms with E-state index in [9.17, 15) is 9.18 Å². The molecular weight excluding hydrogens is 285 g/mol. The minimum absolute atomic E-state index is 0.253. The number of halogens is 1. The van der Waals surface area contributed by atoms with E-state index >= 15 is 0 Å². The number of urea groups is 1. The Morgan fingerprint density at radius 3 is 2.82 bits per heavy atom. The molecule has 22 heavy (non-hydrogen) atoms. The van der Waals surface area contributed by atoms with Gasteiger partial charge < -0.3 is 5.32 Å². The maximum absolute atomic E-state index is 12.9. The van der Waals surface area contributed by atoms with Crippen molar-refractivity contribution in [3.05, 3.63) is 54.1 Å². The average Bonchev–Trinajstić information content (AvgIpc) is 2.95. The van der Waals surface area contributed by atoms with E-state index in [4.69, 9.17) is 0 Å². The lowest BCUT2D eigenvalue weighted by atomic mass is 10.1. The van der Waals surface area contributed by atoms with Gasteiger partial charge in [-0.05, 0) is 24.6 Å². The zero-order valence-corrected chi connectivity index (χ0v) is 11.8. The van der Waals surface area contributed by atoms with Gasteiger partial charge in [0.25, 0.3) is 0 Å². The molecule has 3 aromatic rings. The number of benzene rings is 1. The number of hydrogen-bond acceptors (Lipinski definition) is 3. The second-order valence-electron chi connectivity index (χ2n) is 4.90. The molecule has 0 aliphatic carbocycles. The largest absolute Gasteiger partial charge is 0.331 e. The van der Waals surface area contributed by atoms with E-state index in [2.05, 4.69) is 25.8 Å². The third kappa shape index (κ3) is 3.03. The molecule has 0 fully saturated rings. The smallest absolute Gasteiger partial charge is 0.320 e. The number of carbonyl (C=O) groups excluding carboxylic acids is 1. The first-order valence-electron chi connectivity index (χ1n) is 6.74. The van der Waals surface area contributed by atoms with Crippen molar-refractivity contribution in [2.75, 3.05) is 5.32 Å². The Hall–Kier alpha value is -2.96. The van der Waals surface area contributed by atoms with Crippen LogP contribution >= 0.6 is 0 Å². The van der Waals surface area contributed by atoms with Crippen LogP contribution in [0.4, 0.5) is 15.0 Å². The van der Waals surface area contributed by atoms with Crippen LogP contribution in [0.1, 0.15) is 18.5 Å². The number of aromatic nitrogens is 3. The molecule has 1 atom stereocenters. The highest BCUT2D eigenvalue weighted by molar-refractivity contribution is 5.90. The molecular formula is C15H14FN5O. The lowest BCUT2D eigenvalue weighted by Crippen LogP contribution is -2.31. The highest BCUT2D eigenvalue weighted by atomic mass is 19.1. The van der Waals surface area contributed by atoms with Gasteiger partial charge in [0.15, 0.2) is 0 Å². The molecule has 1 aromatic carbocycles. The van der Waals surface area contributed by atoms with Gasteiger partial charge in [-0.3, -0.25) is 10.4 Å². The summed E-state index contributed by atoms with van der Waals surface area (Å²) in [6.07, 6.45) is 3.28. The number of H-pyrrole nitrogens is 1. The van der Waals surface area contributed by atoms with Crippen LogP contribution in [-0.4, -0.2) is 21.2 Å². The molecule has 3 N–H and O–H groups in total. The molecule has 0 saturated heterocycles. The molecule has 112 valence electrons. The van der Waals surface area contributed by atoms with Gasteiger partial charge in [-0.2, -0.15) is 5.10 Å². The number of pyridine rings is 1. The van der Waals surface area contributed by atoms with Gasteiger partial charge in [0.05, 0.1) is 17.8 Å². The Bertz CT molecular complexity index is 799. The van der Waals surface area contributed by atoms with E-state index in [1.54, 1.807) is 30.6 Å². The van der Waals surface area contributed by atoms with E-state index < -0.39 is 0 Å². The number of nitrogens with zero attached hydrogens (tertiary/aromatic N) is 2. The maximum atomic E-state index is 12.9. The Balaban J connectivity index is 1.65. The van der Waals surface area contributed by atoms with Gasteiger partial charge in [-0.15, -0.1) is 0 Å². The summed E-state index contributed by atoms with van der Waals surface area (Å²) in [6, 6.07) is 7.05. The number of carbonyl (C=O) groups is 1. The van der Waals surface area contributed by atoms with Gasteiger partial charge in [0, 0.05) is 17.6 Å². The average molecular weight is 299 g/mol. The molecule has 6 nitrogen and oxygen atoms in total. The maximum Gasteiger partial charge on any atom is 0.320 e. The van der Waals surface area contributed by atoms with Crippen molar-refractivity contribution in [2.24, 2.45) is 0 Å². The highest BCUT2D eigenvalue weighted by Gasteiger charge is 2.10. The molecule has 3 rings (SSSR count). The SMILES string of the molecule is C[C@@H](NC(=O)Nc1cc2[nH]ncc2cn1)c1ccc(F)cc1. The van der Waals surface area contributed by atoms with Crippen LogP contribution in [0.2, 0.25) is 0 Å². The Kier molecular flexibility index (Phi) is 3.69. The van der Waals surface area contributed by atoms with Crippen molar-refractivity contribution in [1.29, 1.82) is 0 Å². The minimum atomic E-state index is -0.386. The number of aromatic amines is 1. The first-order valence-corrected chi connectivity index (χ1v) is 6.74. The number of fused-ring (bicyclic) bond motifs is 1. The van der Waals surface area contributed by atoms with Crippen molar-refractivity contribution in [3.8, 4) is 0 Å². The van der Waals surface area contributed by atoms with Crippen LogP contribution in [0.3, 0.4) is 0 Å². The molecule has 0 unspecified atom stereocenters. The van der Waals surface area contributed by atoms with Crippen LogP contribution in [0.5, 0.6) is 0 Å². The first-order chi connectivity index (χ1) is 10.6.